The number of hydrogen-bond acceptors (Lipinski definition) is 2. The van der Waals surface area contributed by atoms with Gasteiger partial charge in [0.15, 0.2) is 5.78 Å². The quantitative estimate of drug-likeness (QED) is 0.759. The van der Waals surface area contributed by atoms with E-state index >= 15 is 0 Å². The smallest absolute Gasteiger partial charge is 0.165 e. The first-order chi connectivity index (χ1) is 8.51. The maximum Gasteiger partial charge on any atom is 0.165 e. The van der Waals surface area contributed by atoms with Gasteiger partial charge in [0.2, 0.25) is 0 Å². The topological polar surface area (TPSA) is 26.3 Å². The summed E-state index contributed by atoms with van der Waals surface area (Å²) in [4.78, 5) is 12.1. The van der Waals surface area contributed by atoms with Gasteiger partial charge in [0.05, 0.1) is 0 Å². The predicted octanol–water partition coefficient (Wildman–Crippen LogP) is 4.06. The van der Waals surface area contributed by atoms with Crippen molar-refractivity contribution >= 4 is 5.78 Å². The van der Waals surface area contributed by atoms with Crippen LogP contribution in [0, 0.1) is 20.8 Å². The molecule has 2 heteroatoms. The third-order valence-corrected chi connectivity index (χ3v) is 3.13. The van der Waals surface area contributed by atoms with Crippen molar-refractivity contribution in [1.82, 2.24) is 0 Å². The van der Waals surface area contributed by atoms with Crippen LogP contribution in [-0.4, -0.2) is 12.4 Å². The minimum atomic E-state index is -0.393. The van der Waals surface area contributed by atoms with Crippen LogP contribution in [0.25, 0.3) is 0 Å². The lowest BCUT2D eigenvalue weighted by Crippen LogP contribution is -2.18. The molecule has 1 atom stereocenters. The van der Waals surface area contributed by atoms with Gasteiger partial charge >= 0.3 is 0 Å². The molecule has 0 spiro atoms. The van der Waals surface area contributed by atoms with Crippen molar-refractivity contribution in [3.63, 3.8) is 0 Å². The fraction of sp³-hybridized carbons (Fsp3) is 0.562. The number of ketones is 1. The third kappa shape index (κ3) is 3.42. The van der Waals surface area contributed by atoms with Gasteiger partial charge < -0.3 is 4.74 Å². The summed E-state index contributed by atoms with van der Waals surface area (Å²) in [5.74, 6) is 0.165. The normalized spacial score (nSPS) is 12.5. The standard InChI is InChI=1S/C16H24O2/c1-6-8-18-16(14(17)7-2)15-12(4)9-11(3)10-13(15)5/h9-10,16H,6-8H2,1-5H3. The van der Waals surface area contributed by atoms with Crippen molar-refractivity contribution < 1.29 is 9.53 Å². The Bertz CT molecular complexity index is 398. The van der Waals surface area contributed by atoms with Gasteiger partial charge in [-0.2, -0.15) is 0 Å². The van der Waals surface area contributed by atoms with Crippen LogP contribution in [0.5, 0.6) is 0 Å². The van der Waals surface area contributed by atoms with Crippen molar-refractivity contribution in [2.75, 3.05) is 6.61 Å². The fourth-order valence-corrected chi connectivity index (χ4v) is 2.36. The monoisotopic (exact) mass is 248 g/mol. The lowest BCUT2D eigenvalue weighted by molar-refractivity contribution is -0.130. The van der Waals surface area contributed by atoms with E-state index in [1.165, 1.54) is 5.56 Å². The van der Waals surface area contributed by atoms with Crippen LogP contribution in [0.15, 0.2) is 12.1 Å². The van der Waals surface area contributed by atoms with Crippen LogP contribution >= 0.6 is 0 Å². The lowest BCUT2D eigenvalue weighted by Gasteiger charge is -2.21. The Hall–Kier alpha value is -1.15. The molecule has 0 heterocycles. The highest BCUT2D eigenvalue weighted by Gasteiger charge is 2.23. The summed E-state index contributed by atoms with van der Waals surface area (Å²) in [5, 5.41) is 0. The zero-order valence-electron chi connectivity index (χ0n) is 12.2. The average molecular weight is 248 g/mol. The van der Waals surface area contributed by atoms with Gasteiger partial charge in [0, 0.05) is 13.0 Å². The van der Waals surface area contributed by atoms with E-state index in [1.54, 1.807) is 0 Å². The van der Waals surface area contributed by atoms with E-state index in [1.807, 2.05) is 6.92 Å². The molecule has 0 bridgehead atoms. The number of ether oxygens (including phenoxy) is 1. The molecular weight excluding hydrogens is 224 g/mol. The second-order valence-electron chi connectivity index (χ2n) is 4.88. The van der Waals surface area contributed by atoms with E-state index < -0.39 is 6.10 Å². The van der Waals surface area contributed by atoms with E-state index in [0.717, 1.165) is 23.1 Å². The maximum atomic E-state index is 12.1. The van der Waals surface area contributed by atoms with E-state index in [2.05, 4.69) is 39.8 Å². The van der Waals surface area contributed by atoms with Crippen LogP contribution in [0.2, 0.25) is 0 Å². The molecule has 0 aliphatic heterocycles. The van der Waals surface area contributed by atoms with E-state index in [9.17, 15) is 4.79 Å². The molecule has 0 aromatic heterocycles. The zero-order chi connectivity index (χ0) is 13.7. The molecule has 0 saturated carbocycles. The minimum absolute atomic E-state index is 0.165. The SMILES string of the molecule is CCCOC(C(=O)CC)c1c(C)cc(C)cc1C. The van der Waals surface area contributed by atoms with Crippen molar-refractivity contribution in [3.05, 3.63) is 34.4 Å². The molecule has 1 aromatic carbocycles. The average Bonchev–Trinajstić information content (AvgIpc) is 2.31. The van der Waals surface area contributed by atoms with Crippen molar-refractivity contribution in [2.24, 2.45) is 0 Å². The molecule has 0 radical (unpaired) electrons. The molecule has 0 aliphatic carbocycles. The summed E-state index contributed by atoms with van der Waals surface area (Å²) in [6.07, 6.45) is 1.05. The maximum absolute atomic E-state index is 12.1. The summed E-state index contributed by atoms with van der Waals surface area (Å²) in [5.41, 5.74) is 4.58. The van der Waals surface area contributed by atoms with Gasteiger partial charge in [0.1, 0.15) is 6.10 Å². The van der Waals surface area contributed by atoms with Gasteiger partial charge in [-0.25, -0.2) is 0 Å². The second kappa shape index (κ2) is 6.69. The van der Waals surface area contributed by atoms with Gasteiger partial charge in [0.25, 0.3) is 0 Å². The summed E-state index contributed by atoms with van der Waals surface area (Å²) >= 11 is 0. The Kier molecular flexibility index (Phi) is 5.54. The molecule has 0 saturated heterocycles. The number of Topliss-reactive ketones (excluding diaryl/α,β-unsaturated/α-hetero) is 1. The fourth-order valence-electron chi connectivity index (χ4n) is 2.36. The molecule has 1 aromatic rings. The van der Waals surface area contributed by atoms with Gasteiger partial charge in [-0.05, 0) is 43.9 Å². The Morgan fingerprint density at radius 3 is 2.17 bits per heavy atom. The van der Waals surface area contributed by atoms with Gasteiger partial charge in [-0.3, -0.25) is 4.79 Å². The van der Waals surface area contributed by atoms with Crippen molar-refractivity contribution in [2.45, 2.75) is 53.6 Å². The minimum Gasteiger partial charge on any atom is -0.366 e. The van der Waals surface area contributed by atoms with Gasteiger partial charge in [-0.1, -0.05) is 31.5 Å². The van der Waals surface area contributed by atoms with Crippen LogP contribution < -0.4 is 0 Å². The predicted molar refractivity (Wildman–Crippen MR) is 74.9 cm³/mol. The summed E-state index contributed by atoms with van der Waals surface area (Å²) in [6.45, 7) is 10.8. The first-order valence-corrected chi connectivity index (χ1v) is 6.73. The van der Waals surface area contributed by atoms with Crippen LogP contribution in [0.4, 0.5) is 0 Å². The summed E-state index contributed by atoms with van der Waals surface area (Å²) in [6, 6.07) is 4.24. The Labute approximate surface area is 110 Å². The Morgan fingerprint density at radius 2 is 1.72 bits per heavy atom. The molecule has 0 aliphatic rings. The largest absolute Gasteiger partial charge is 0.366 e. The highest BCUT2D eigenvalue weighted by molar-refractivity contribution is 5.84. The van der Waals surface area contributed by atoms with Crippen molar-refractivity contribution in [1.29, 1.82) is 0 Å². The van der Waals surface area contributed by atoms with E-state index in [4.69, 9.17) is 4.74 Å². The summed E-state index contributed by atoms with van der Waals surface area (Å²) in [7, 11) is 0. The van der Waals surface area contributed by atoms with Gasteiger partial charge in [-0.15, -0.1) is 0 Å². The molecular formula is C16H24O2. The Balaban J connectivity index is 3.16. The number of carbonyl (C=O) groups excluding carboxylic acids is 1. The molecule has 100 valence electrons. The van der Waals surface area contributed by atoms with Crippen LogP contribution in [0.1, 0.15) is 55.0 Å². The van der Waals surface area contributed by atoms with Crippen LogP contribution in [0.3, 0.4) is 0 Å². The van der Waals surface area contributed by atoms with Crippen LogP contribution in [-0.2, 0) is 9.53 Å². The van der Waals surface area contributed by atoms with E-state index in [0.29, 0.717) is 13.0 Å². The molecule has 1 rings (SSSR count). The molecule has 2 nitrogen and oxygen atoms in total. The molecule has 18 heavy (non-hydrogen) atoms. The zero-order valence-corrected chi connectivity index (χ0v) is 12.2. The molecule has 0 fully saturated rings. The summed E-state index contributed by atoms with van der Waals surface area (Å²) < 4.78 is 5.78. The Morgan fingerprint density at radius 1 is 1.17 bits per heavy atom. The highest BCUT2D eigenvalue weighted by Crippen LogP contribution is 2.28. The lowest BCUT2D eigenvalue weighted by atomic mass is 9.93. The highest BCUT2D eigenvalue weighted by atomic mass is 16.5. The van der Waals surface area contributed by atoms with Crippen molar-refractivity contribution in [3.8, 4) is 0 Å². The number of aryl methyl sites for hydroxylation is 3. The second-order valence-corrected chi connectivity index (χ2v) is 4.88. The third-order valence-electron chi connectivity index (χ3n) is 3.13. The molecule has 0 amide bonds. The first kappa shape index (κ1) is 14.9. The van der Waals surface area contributed by atoms with E-state index in [-0.39, 0.29) is 5.78 Å². The number of hydrogen-bond donors (Lipinski definition) is 0. The molecule has 0 N–H and O–H groups in total. The number of carbonyl (C=O) groups is 1. The first-order valence-electron chi connectivity index (χ1n) is 6.73. The number of rotatable bonds is 6. The number of benzene rings is 1. The molecule has 1 unspecified atom stereocenters.